The van der Waals surface area contributed by atoms with E-state index in [1.54, 1.807) is 24.1 Å². The summed E-state index contributed by atoms with van der Waals surface area (Å²) < 4.78 is 21.6. The van der Waals surface area contributed by atoms with E-state index in [0.29, 0.717) is 42.0 Å². The summed E-state index contributed by atoms with van der Waals surface area (Å²) in [5.41, 5.74) is 2.78. The average molecular weight is 468 g/mol. The van der Waals surface area contributed by atoms with Crippen LogP contribution < -0.4 is 0 Å². The zero-order valence-electron chi connectivity index (χ0n) is 19.1. The number of ether oxygens (including phenoxy) is 1. The number of carbonyl (C=O) groups excluding carboxylic acids is 1. The highest BCUT2D eigenvalue weighted by Gasteiger charge is 2.39. The molecule has 1 amide bonds. The summed E-state index contributed by atoms with van der Waals surface area (Å²) in [6, 6.07) is 4.30. The first-order valence-electron chi connectivity index (χ1n) is 11.4. The Morgan fingerprint density at radius 2 is 1.97 bits per heavy atom. The summed E-state index contributed by atoms with van der Waals surface area (Å²) in [6.45, 7) is 5.50. The molecule has 1 saturated carbocycles. The van der Waals surface area contributed by atoms with Crippen LogP contribution in [0.5, 0.6) is 0 Å². The molecule has 0 atom stereocenters. The molecule has 0 radical (unpaired) electrons. The second-order valence-electron chi connectivity index (χ2n) is 9.63. The maximum Gasteiger partial charge on any atom is 0.409 e. The molecule has 3 heterocycles. The largest absolute Gasteiger partial charge is 0.478 e. The number of pyridine rings is 1. The molecule has 1 saturated heterocycles. The Hall–Kier alpha value is -3.56. The Balaban J connectivity index is 1.30. The van der Waals surface area contributed by atoms with Gasteiger partial charge < -0.3 is 14.7 Å². The number of benzene rings is 1. The number of rotatable bonds is 5. The molecule has 2 fully saturated rings. The van der Waals surface area contributed by atoms with Gasteiger partial charge in [-0.1, -0.05) is 12.1 Å². The third-order valence-corrected chi connectivity index (χ3v) is 6.89. The van der Waals surface area contributed by atoms with E-state index in [1.807, 2.05) is 4.68 Å². The molecule has 5 rings (SSSR count). The quantitative estimate of drug-likeness (QED) is 0.598. The predicted octanol–water partition coefficient (Wildman–Crippen LogP) is 4.21. The van der Waals surface area contributed by atoms with Crippen molar-refractivity contribution in [1.82, 2.24) is 24.9 Å². The standard InChI is InChI=1S/C24H26FN5O4/c1-14-9-17(22(31)32)18(25)10-16(14)19-11-20-21(12-26-19)30(28-27-20)15-3-7-29(8-4-15)23(33)34-13-24(2)5-6-24/h9-12,15H,3-8,13H2,1-2H3,(H,31,32). The van der Waals surface area contributed by atoms with Crippen LogP contribution in [0.4, 0.5) is 9.18 Å². The maximum atomic E-state index is 14.2. The number of carbonyl (C=O) groups is 2. The van der Waals surface area contributed by atoms with Crippen molar-refractivity contribution in [2.24, 2.45) is 5.41 Å². The Morgan fingerprint density at radius 1 is 1.24 bits per heavy atom. The molecular formula is C24H26FN5O4. The fraction of sp³-hybridized carbons (Fsp3) is 0.458. The first-order valence-corrected chi connectivity index (χ1v) is 11.4. The molecule has 2 aliphatic rings. The second kappa shape index (κ2) is 8.34. The van der Waals surface area contributed by atoms with Crippen LogP contribution in [0.3, 0.4) is 0 Å². The average Bonchev–Trinajstić information content (AvgIpc) is 3.42. The zero-order valence-corrected chi connectivity index (χ0v) is 19.1. The smallest absolute Gasteiger partial charge is 0.409 e. The lowest BCUT2D eigenvalue weighted by molar-refractivity contribution is 0.0690. The van der Waals surface area contributed by atoms with Gasteiger partial charge in [0, 0.05) is 24.1 Å². The van der Waals surface area contributed by atoms with E-state index in [-0.39, 0.29) is 23.1 Å². The van der Waals surface area contributed by atoms with Gasteiger partial charge in [-0.2, -0.15) is 0 Å². The van der Waals surface area contributed by atoms with Crippen molar-refractivity contribution in [3.63, 3.8) is 0 Å². The van der Waals surface area contributed by atoms with Gasteiger partial charge in [-0.3, -0.25) is 4.98 Å². The second-order valence-corrected chi connectivity index (χ2v) is 9.63. The van der Waals surface area contributed by atoms with Crippen LogP contribution in [-0.2, 0) is 4.74 Å². The molecule has 0 bridgehead atoms. The van der Waals surface area contributed by atoms with Crippen LogP contribution in [0.15, 0.2) is 24.4 Å². The summed E-state index contributed by atoms with van der Waals surface area (Å²) in [7, 11) is 0. The Bertz CT molecular complexity index is 1280. The summed E-state index contributed by atoms with van der Waals surface area (Å²) in [4.78, 5) is 29.8. The number of carboxylic acids is 1. The lowest BCUT2D eigenvalue weighted by Crippen LogP contribution is -2.40. The van der Waals surface area contributed by atoms with Crippen molar-refractivity contribution >= 4 is 23.1 Å². The van der Waals surface area contributed by atoms with Crippen molar-refractivity contribution in [3.05, 3.63) is 41.3 Å². The Morgan fingerprint density at radius 3 is 2.65 bits per heavy atom. The molecule has 0 unspecified atom stereocenters. The number of carboxylic acid groups (broad SMARTS) is 1. The summed E-state index contributed by atoms with van der Waals surface area (Å²) in [6.07, 6.45) is 5.09. The summed E-state index contributed by atoms with van der Waals surface area (Å²) in [5, 5.41) is 17.7. The number of aromatic carboxylic acids is 1. The maximum absolute atomic E-state index is 14.2. The minimum Gasteiger partial charge on any atom is -0.478 e. The minimum absolute atomic E-state index is 0.0803. The van der Waals surface area contributed by atoms with Crippen molar-refractivity contribution in [2.45, 2.75) is 45.6 Å². The lowest BCUT2D eigenvalue weighted by Gasteiger charge is -2.31. The number of halogens is 1. The predicted molar refractivity (Wildman–Crippen MR) is 121 cm³/mol. The number of aromatic nitrogens is 4. The summed E-state index contributed by atoms with van der Waals surface area (Å²) >= 11 is 0. The van der Waals surface area contributed by atoms with Crippen LogP contribution in [0.2, 0.25) is 0 Å². The van der Waals surface area contributed by atoms with Crippen LogP contribution >= 0.6 is 0 Å². The molecule has 1 aromatic carbocycles. The van der Waals surface area contributed by atoms with Gasteiger partial charge in [0.1, 0.15) is 16.9 Å². The topological polar surface area (TPSA) is 110 Å². The molecular weight excluding hydrogens is 441 g/mol. The van der Waals surface area contributed by atoms with Crippen LogP contribution in [0.1, 0.15) is 54.6 Å². The number of fused-ring (bicyclic) bond motifs is 1. The molecule has 2 aromatic heterocycles. The fourth-order valence-electron chi connectivity index (χ4n) is 4.36. The third-order valence-electron chi connectivity index (χ3n) is 6.89. The third kappa shape index (κ3) is 4.20. The van der Waals surface area contributed by atoms with Gasteiger partial charge in [0.15, 0.2) is 0 Å². The Labute approximate surface area is 195 Å². The molecule has 178 valence electrons. The highest BCUT2D eigenvalue weighted by Crippen LogP contribution is 2.45. The monoisotopic (exact) mass is 467 g/mol. The van der Waals surface area contributed by atoms with Crippen molar-refractivity contribution in [2.75, 3.05) is 19.7 Å². The van der Waals surface area contributed by atoms with Gasteiger partial charge in [0.25, 0.3) is 0 Å². The van der Waals surface area contributed by atoms with Crippen molar-refractivity contribution < 1.29 is 23.8 Å². The van der Waals surface area contributed by atoms with Crippen molar-refractivity contribution in [3.8, 4) is 11.3 Å². The number of piperidine rings is 1. The van der Waals surface area contributed by atoms with Crippen LogP contribution in [-0.4, -0.2) is 61.7 Å². The number of amides is 1. The number of aryl methyl sites for hydroxylation is 1. The SMILES string of the molecule is Cc1cc(C(=O)O)c(F)cc1-c1cc2nnn(C3CCN(C(=O)OCC4(C)CC4)CC3)c2cn1. The molecule has 9 nitrogen and oxygen atoms in total. The molecule has 1 N–H and O–H groups in total. The molecule has 1 aliphatic carbocycles. The highest BCUT2D eigenvalue weighted by molar-refractivity contribution is 5.89. The van der Waals surface area contributed by atoms with Gasteiger partial charge in [-0.25, -0.2) is 18.7 Å². The number of hydrogen-bond donors (Lipinski definition) is 1. The Kier molecular flexibility index (Phi) is 5.45. The van der Waals surface area contributed by atoms with Crippen molar-refractivity contribution in [1.29, 1.82) is 0 Å². The van der Waals surface area contributed by atoms with E-state index in [0.717, 1.165) is 31.2 Å². The number of likely N-dealkylation sites (tertiary alicyclic amines) is 1. The molecule has 1 aliphatic heterocycles. The van der Waals surface area contributed by atoms with Gasteiger partial charge in [0.05, 0.1) is 30.1 Å². The van der Waals surface area contributed by atoms with E-state index < -0.39 is 11.8 Å². The van der Waals surface area contributed by atoms with Gasteiger partial charge >= 0.3 is 12.1 Å². The van der Waals surface area contributed by atoms with Gasteiger partial charge in [0.2, 0.25) is 0 Å². The zero-order chi connectivity index (χ0) is 24.0. The van der Waals surface area contributed by atoms with Gasteiger partial charge in [-0.15, -0.1) is 5.10 Å². The van der Waals surface area contributed by atoms with E-state index in [1.165, 1.54) is 12.1 Å². The lowest BCUT2D eigenvalue weighted by atomic mass is 10.0. The first-order chi connectivity index (χ1) is 16.2. The van der Waals surface area contributed by atoms with E-state index in [4.69, 9.17) is 9.84 Å². The highest BCUT2D eigenvalue weighted by atomic mass is 19.1. The number of hydrogen-bond acceptors (Lipinski definition) is 6. The van der Waals surface area contributed by atoms with Crippen LogP contribution in [0.25, 0.3) is 22.3 Å². The normalized spacial score (nSPS) is 17.7. The van der Waals surface area contributed by atoms with Crippen LogP contribution in [0, 0.1) is 18.2 Å². The molecule has 3 aromatic rings. The molecule has 10 heteroatoms. The van der Waals surface area contributed by atoms with Gasteiger partial charge in [-0.05, 0) is 56.4 Å². The molecule has 0 spiro atoms. The summed E-state index contributed by atoms with van der Waals surface area (Å²) in [5.74, 6) is -2.12. The molecule has 34 heavy (non-hydrogen) atoms. The van der Waals surface area contributed by atoms with E-state index in [2.05, 4.69) is 22.2 Å². The van der Waals surface area contributed by atoms with E-state index in [9.17, 15) is 14.0 Å². The first kappa shape index (κ1) is 22.2. The minimum atomic E-state index is -1.31. The number of nitrogens with zero attached hydrogens (tertiary/aromatic N) is 5. The van der Waals surface area contributed by atoms with E-state index >= 15 is 0 Å². The fourth-order valence-corrected chi connectivity index (χ4v) is 4.36.